The Bertz CT molecular complexity index is 89.7. The summed E-state index contributed by atoms with van der Waals surface area (Å²) < 4.78 is 0. The topological polar surface area (TPSA) is 29.4 Å². The van der Waals surface area contributed by atoms with E-state index in [4.69, 9.17) is 0 Å². The van der Waals surface area contributed by atoms with Crippen LogP contribution in [0.3, 0.4) is 0 Å². The Morgan fingerprint density at radius 1 is 1.67 bits per heavy atom. The van der Waals surface area contributed by atoms with Gasteiger partial charge in [-0.2, -0.15) is 0 Å². The van der Waals surface area contributed by atoms with E-state index in [1.165, 1.54) is 0 Å². The first-order valence-corrected chi connectivity index (χ1v) is 1.92. The Morgan fingerprint density at radius 2 is 2.33 bits per heavy atom. The molecule has 0 radical (unpaired) electrons. The molecule has 0 aromatic heterocycles. The maximum absolute atomic E-state index is 9.47. The minimum absolute atomic E-state index is 0.600. The number of nitrogens with zero attached hydrogens (tertiary/aromatic N) is 1. The molecule has 0 saturated heterocycles. The van der Waals surface area contributed by atoms with Crippen molar-refractivity contribution >= 4 is 12.1 Å². The van der Waals surface area contributed by atoms with Crippen LogP contribution in [0.25, 0.3) is 0 Å². The molecular weight excluding hydrogens is 78.0 g/mol. The van der Waals surface area contributed by atoms with Crippen LogP contribution < -0.4 is 0 Å². The van der Waals surface area contributed by atoms with Gasteiger partial charge in [0.05, 0.1) is 0 Å². The Hall–Kier alpha value is -0.660. The van der Waals surface area contributed by atoms with Gasteiger partial charge in [0.2, 0.25) is 6.41 Å². The molecule has 1 fully saturated rings. The summed E-state index contributed by atoms with van der Waals surface area (Å²) in [6.07, 6.45) is 2.68. The normalized spacial score (nSPS) is 17.0. The van der Waals surface area contributed by atoms with Crippen LogP contribution in [0, 0.1) is 0 Å². The van der Waals surface area contributed by atoms with E-state index in [1.807, 2.05) is 0 Å². The summed E-state index contributed by atoms with van der Waals surface area (Å²) in [5.41, 5.74) is 1.05. The summed E-state index contributed by atoms with van der Waals surface area (Å²) in [6.45, 7) is 0. The van der Waals surface area contributed by atoms with Gasteiger partial charge < -0.3 is 0 Å². The van der Waals surface area contributed by atoms with Gasteiger partial charge in [0.25, 0.3) is 0 Å². The highest BCUT2D eigenvalue weighted by molar-refractivity contribution is 6.01. The zero-order valence-electron chi connectivity index (χ0n) is 3.35. The van der Waals surface area contributed by atoms with E-state index in [-0.39, 0.29) is 0 Å². The number of rotatable bonds is 1. The molecule has 0 aromatic carbocycles. The van der Waals surface area contributed by atoms with Gasteiger partial charge in [-0.05, 0) is 12.8 Å². The second kappa shape index (κ2) is 1.20. The van der Waals surface area contributed by atoms with Gasteiger partial charge in [-0.25, -0.2) is 4.99 Å². The number of hydrogen-bond acceptors (Lipinski definition) is 1. The fourth-order valence-corrected chi connectivity index (χ4v) is 0.260. The summed E-state index contributed by atoms with van der Waals surface area (Å²) in [5, 5.41) is 0. The van der Waals surface area contributed by atoms with Crippen LogP contribution >= 0.6 is 0 Å². The molecule has 0 N–H and O–H groups in total. The summed E-state index contributed by atoms with van der Waals surface area (Å²) in [6, 6.07) is 0. The lowest BCUT2D eigenvalue weighted by Crippen LogP contribution is -1.62. The minimum atomic E-state index is 0.600. The van der Waals surface area contributed by atoms with Crippen molar-refractivity contribution in [3.8, 4) is 0 Å². The first-order valence-electron chi connectivity index (χ1n) is 1.92. The van der Waals surface area contributed by atoms with Gasteiger partial charge in [0.1, 0.15) is 0 Å². The van der Waals surface area contributed by atoms with Gasteiger partial charge in [0.15, 0.2) is 0 Å². The fourth-order valence-electron chi connectivity index (χ4n) is 0.260. The lowest BCUT2D eigenvalue weighted by atomic mass is 10.9. The number of carbonyl (C=O) groups is 1. The predicted octanol–water partition coefficient (Wildman–Crippen LogP) is 0.378. The molecule has 32 valence electrons. The summed E-state index contributed by atoms with van der Waals surface area (Å²) in [4.78, 5) is 12.9. The highest BCUT2D eigenvalue weighted by Gasteiger charge is 2.11. The zero-order chi connectivity index (χ0) is 4.41. The molecule has 1 aliphatic carbocycles. The largest absolute Gasteiger partial charge is 0.276 e. The molecule has 0 unspecified atom stereocenters. The zero-order valence-corrected chi connectivity index (χ0v) is 3.35. The molecule has 1 amide bonds. The molecule has 2 nitrogen and oxygen atoms in total. The van der Waals surface area contributed by atoms with E-state index in [0.717, 1.165) is 18.6 Å². The molecule has 1 rings (SSSR count). The van der Waals surface area contributed by atoms with Gasteiger partial charge in [-0.1, -0.05) is 0 Å². The average molecular weight is 83.1 g/mol. The standard InChI is InChI=1S/C4H5NO/c6-3-5-4-1-2-4/h3H,1-2H2. The van der Waals surface area contributed by atoms with Crippen molar-refractivity contribution in [2.75, 3.05) is 0 Å². The third-order valence-electron chi connectivity index (χ3n) is 0.709. The van der Waals surface area contributed by atoms with Crippen molar-refractivity contribution in [1.82, 2.24) is 0 Å². The number of amides is 1. The van der Waals surface area contributed by atoms with E-state index in [9.17, 15) is 4.79 Å². The van der Waals surface area contributed by atoms with Gasteiger partial charge in [-0.15, -0.1) is 0 Å². The molecule has 2 heteroatoms. The van der Waals surface area contributed by atoms with Crippen LogP contribution in [0.1, 0.15) is 12.8 Å². The SMILES string of the molecule is O=CN=C1CC1. The van der Waals surface area contributed by atoms with Crippen molar-refractivity contribution in [2.45, 2.75) is 12.8 Å². The summed E-state index contributed by atoms with van der Waals surface area (Å²) in [5.74, 6) is 0. The highest BCUT2D eigenvalue weighted by atomic mass is 16.1. The minimum Gasteiger partial charge on any atom is -0.276 e. The maximum Gasteiger partial charge on any atom is 0.232 e. The second-order valence-corrected chi connectivity index (χ2v) is 1.30. The quantitative estimate of drug-likeness (QED) is 0.421. The second-order valence-electron chi connectivity index (χ2n) is 1.30. The Balaban J connectivity index is 2.42. The van der Waals surface area contributed by atoms with Crippen LogP contribution in [0.15, 0.2) is 4.99 Å². The molecule has 6 heavy (non-hydrogen) atoms. The highest BCUT2D eigenvalue weighted by Crippen LogP contribution is 2.12. The fraction of sp³-hybridized carbons (Fsp3) is 0.500. The lowest BCUT2D eigenvalue weighted by Gasteiger charge is -1.56. The first-order chi connectivity index (χ1) is 2.93. The van der Waals surface area contributed by atoms with E-state index in [0.29, 0.717) is 6.41 Å². The van der Waals surface area contributed by atoms with Gasteiger partial charge in [0, 0.05) is 5.71 Å². The molecule has 1 aliphatic rings. The number of aliphatic imine (C=N–C) groups is 1. The summed E-state index contributed by atoms with van der Waals surface area (Å²) >= 11 is 0. The molecule has 0 bridgehead atoms. The molecular formula is C4H5NO. The number of carbonyl (C=O) groups excluding carboxylic acids is 1. The Kier molecular flexibility index (Phi) is 0.708. The van der Waals surface area contributed by atoms with Gasteiger partial charge in [-0.3, -0.25) is 4.79 Å². The van der Waals surface area contributed by atoms with Crippen LogP contribution in [-0.2, 0) is 4.79 Å². The van der Waals surface area contributed by atoms with Gasteiger partial charge >= 0.3 is 0 Å². The van der Waals surface area contributed by atoms with E-state index >= 15 is 0 Å². The first kappa shape index (κ1) is 3.53. The molecule has 1 saturated carbocycles. The van der Waals surface area contributed by atoms with Crippen molar-refractivity contribution in [3.63, 3.8) is 0 Å². The monoisotopic (exact) mass is 83.0 g/mol. The van der Waals surface area contributed by atoms with Crippen LogP contribution in [0.4, 0.5) is 0 Å². The molecule has 0 aliphatic heterocycles. The molecule has 0 heterocycles. The summed E-state index contributed by atoms with van der Waals surface area (Å²) in [7, 11) is 0. The smallest absolute Gasteiger partial charge is 0.232 e. The molecule has 0 atom stereocenters. The van der Waals surface area contributed by atoms with E-state index in [2.05, 4.69) is 4.99 Å². The molecule has 0 aromatic rings. The van der Waals surface area contributed by atoms with E-state index < -0.39 is 0 Å². The van der Waals surface area contributed by atoms with Crippen molar-refractivity contribution in [2.24, 2.45) is 4.99 Å². The maximum atomic E-state index is 9.47. The Labute approximate surface area is 35.9 Å². The van der Waals surface area contributed by atoms with Crippen LogP contribution in [0.2, 0.25) is 0 Å². The van der Waals surface area contributed by atoms with Crippen molar-refractivity contribution in [1.29, 1.82) is 0 Å². The van der Waals surface area contributed by atoms with Crippen LogP contribution in [-0.4, -0.2) is 12.1 Å². The third kappa shape index (κ3) is 0.641. The average Bonchev–Trinajstić information content (AvgIpc) is 2.21. The third-order valence-corrected chi connectivity index (χ3v) is 0.709. The van der Waals surface area contributed by atoms with Crippen molar-refractivity contribution < 1.29 is 4.79 Å². The predicted molar refractivity (Wildman–Crippen MR) is 22.7 cm³/mol. The number of hydrogen-bond donors (Lipinski definition) is 0. The van der Waals surface area contributed by atoms with Crippen LogP contribution in [0.5, 0.6) is 0 Å². The molecule has 0 spiro atoms. The van der Waals surface area contributed by atoms with Crippen molar-refractivity contribution in [3.05, 3.63) is 0 Å². The van der Waals surface area contributed by atoms with E-state index in [1.54, 1.807) is 0 Å². The lowest BCUT2D eigenvalue weighted by molar-refractivity contribution is -0.106. The Morgan fingerprint density at radius 3 is 2.50 bits per heavy atom.